The van der Waals surface area contributed by atoms with Crippen molar-refractivity contribution in [3.8, 4) is 0 Å². The lowest BCUT2D eigenvalue weighted by Crippen LogP contribution is -2.38. The fraction of sp³-hybridized carbons (Fsp3) is 0.750. The summed E-state index contributed by atoms with van der Waals surface area (Å²) in [7, 11) is 0. The lowest BCUT2D eigenvalue weighted by molar-refractivity contribution is 0.0133. The zero-order chi connectivity index (χ0) is 24.9. The Hall–Kier alpha value is -1.12. The maximum Gasteiger partial charge on any atom is 0.0839 e. The van der Waals surface area contributed by atoms with Gasteiger partial charge in [0.1, 0.15) is 0 Å². The quantitative estimate of drug-likeness (QED) is 0.251. The number of aliphatic hydroxyl groups excluding tert-OH is 2. The Labute approximate surface area is 210 Å². The highest BCUT2D eigenvalue weighted by Gasteiger charge is 2.50. The Kier molecular flexibility index (Phi) is 9.87. The lowest BCUT2D eigenvalue weighted by Gasteiger charge is -2.44. The molecule has 0 amide bonds. The molecule has 0 spiro atoms. The second kappa shape index (κ2) is 12.2. The van der Waals surface area contributed by atoms with E-state index in [2.05, 4.69) is 53.0 Å². The van der Waals surface area contributed by atoms with Gasteiger partial charge in [0.05, 0.1) is 12.2 Å². The van der Waals surface area contributed by atoms with Crippen LogP contribution in [-0.2, 0) is 0 Å². The number of unbranched alkanes of at least 4 members (excludes halogenated alkanes) is 1. The Morgan fingerprint density at radius 1 is 1.09 bits per heavy atom. The van der Waals surface area contributed by atoms with Gasteiger partial charge in [-0.15, -0.1) is 6.58 Å². The van der Waals surface area contributed by atoms with E-state index in [9.17, 15) is 10.2 Å². The molecule has 3 saturated carbocycles. The van der Waals surface area contributed by atoms with Crippen LogP contribution in [-0.4, -0.2) is 22.4 Å². The zero-order valence-electron chi connectivity index (χ0n) is 22.6. The van der Waals surface area contributed by atoms with E-state index < -0.39 is 12.2 Å². The molecule has 0 aromatic carbocycles. The maximum absolute atomic E-state index is 10.9. The Balaban J connectivity index is 1.68. The van der Waals surface area contributed by atoms with Crippen molar-refractivity contribution in [2.24, 2.45) is 35.0 Å². The minimum atomic E-state index is -0.641. The molecule has 3 aliphatic carbocycles. The SMILES string of the molecule is C=CCCC[C@@H]1[C@H](O)C/C(=C/C=C2\CCC[C@]3(C)[C@@H]([C@H](C)CCCC(C)C)CC[C@@H]23)C(=C)[C@H]1O. The summed E-state index contributed by atoms with van der Waals surface area (Å²) in [4.78, 5) is 0. The fourth-order valence-electron chi connectivity index (χ4n) is 7.66. The average molecular weight is 469 g/mol. The molecule has 0 bridgehead atoms. The second-order valence-corrected chi connectivity index (χ2v) is 12.5. The third-order valence-electron chi connectivity index (χ3n) is 9.71. The summed E-state index contributed by atoms with van der Waals surface area (Å²) >= 11 is 0. The van der Waals surface area contributed by atoms with Gasteiger partial charge in [-0.2, -0.15) is 0 Å². The minimum absolute atomic E-state index is 0.108. The molecule has 0 aromatic heterocycles. The summed E-state index contributed by atoms with van der Waals surface area (Å²) in [5.41, 5.74) is 3.88. The van der Waals surface area contributed by atoms with Crippen LogP contribution in [0.15, 0.2) is 48.1 Å². The molecule has 3 fully saturated rings. The van der Waals surface area contributed by atoms with E-state index in [0.717, 1.165) is 48.2 Å². The Morgan fingerprint density at radius 3 is 2.56 bits per heavy atom. The molecule has 3 aliphatic rings. The molecule has 0 aromatic rings. The number of aliphatic hydroxyl groups is 2. The predicted molar refractivity (Wildman–Crippen MR) is 145 cm³/mol. The van der Waals surface area contributed by atoms with Gasteiger partial charge in [-0.3, -0.25) is 0 Å². The van der Waals surface area contributed by atoms with E-state index in [-0.39, 0.29) is 5.92 Å². The molecule has 0 radical (unpaired) electrons. The highest BCUT2D eigenvalue weighted by Crippen LogP contribution is 2.60. The first kappa shape index (κ1) is 27.5. The van der Waals surface area contributed by atoms with Gasteiger partial charge in [0.25, 0.3) is 0 Å². The Bertz CT molecular complexity index is 759. The van der Waals surface area contributed by atoms with Gasteiger partial charge in [0, 0.05) is 5.92 Å². The van der Waals surface area contributed by atoms with Crippen LogP contribution >= 0.6 is 0 Å². The van der Waals surface area contributed by atoms with E-state index in [1.165, 1.54) is 51.4 Å². The smallest absolute Gasteiger partial charge is 0.0839 e. The first-order valence-electron chi connectivity index (χ1n) is 14.2. The van der Waals surface area contributed by atoms with E-state index in [1.807, 2.05) is 6.08 Å². The topological polar surface area (TPSA) is 40.5 Å². The van der Waals surface area contributed by atoms with E-state index in [0.29, 0.717) is 17.8 Å². The molecule has 7 atom stereocenters. The van der Waals surface area contributed by atoms with Crippen LogP contribution in [0, 0.1) is 35.0 Å². The second-order valence-electron chi connectivity index (χ2n) is 12.5. The third kappa shape index (κ3) is 6.16. The maximum atomic E-state index is 10.9. The monoisotopic (exact) mass is 468 g/mol. The molecular formula is C32H52O2. The van der Waals surface area contributed by atoms with E-state index in [4.69, 9.17) is 0 Å². The van der Waals surface area contributed by atoms with Crippen molar-refractivity contribution in [2.75, 3.05) is 0 Å². The molecule has 2 nitrogen and oxygen atoms in total. The summed E-state index contributed by atoms with van der Waals surface area (Å²) < 4.78 is 0. The normalized spacial score (nSPS) is 37.4. The van der Waals surface area contributed by atoms with Crippen molar-refractivity contribution in [2.45, 2.75) is 117 Å². The van der Waals surface area contributed by atoms with Gasteiger partial charge in [0.2, 0.25) is 0 Å². The van der Waals surface area contributed by atoms with Crippen molar-refractivity contribution in [3.63, 3.8) is 0 Å². The van der Waals surface area contributed by atoms with Crippen LogP contribution < -0.4 is 0 Å². The van der Waals surface area contributed by atoms with Crippen LogP contribution in [0.4, 0.5) is 0 Å². The molecule has 3 rings (SSSR count). The molecule has 0 heterocycles. The van der Waals surface area contributed by atoms with Crippen molar-refractivity contribution in [1.82, 2.24) is 0 Å². The van der Waals surface area contributed by atoms with Gasteiger partial charge in [-0.05, 0) is 98.0 Å². The van der Waals surface area contributed by atoms with Gasteiger partial charge < -0.3 is 10.2 Å². The molecule has 2 N–H and O–H groups in total. The number of allylic oxidation sites excluding steroid dienone is 4. The molecule has 2 heteroatoms. The average Bonchev–Trinajstić information content (AvgIpc) is 3.15. The molecule has 0 aliphatic heterocycles. The summed E-state index contributed by atoms with van der Waals surface area (Å²) in [6.45, 7) is 17.8. The predicted octanol–water partition coefficient (Wildman–Crippen LogP) is 8.17. The summed E-state index contributed by atoms with van der Waals surface area (Å²) in [5.74, 6) is 3.04. The third-order valence-corrected chi connectivity index (χ3v) is 9.71. The van der Waals surface area contributed by atoms with E-state index >= 15 is 0 Å². The van der Waals surface area contributed by atoms with Crippen molar-refractivity contribution >= 4 is 0 Å². The first-order valence-corrected chi connectivity index (χ1v) is 14.2. The highest BCUT2D eigenvalue weighted by molar-refractivity contribution is 5.39. The zero-order valence-corrected chi connectivity index (χ0v) is 22.6. The number of hydrogen-bond acceptors (Lipinski definition) is 2. The standard InChI is InChI=1S/C32H52O2/c1-7-8-9-15-27-30(33)21-26(24(5)31(27)34)17-16-25-14-11-20-32(6)28(18-19-29(25)32)23(4)13-10-12-22(2)3/h7,16-17,22-23,27-31,33-34H,1,5,8-15,18-21H2,2-4,6H3/b25-16+,26-17-/t23-,27-,28-,29+,30-,31-,32-/m1/s1. The summed E-state index contributed by atoms with van der Waals surface area (Å²) in [6, 6.07) is 0. The van der Waals surface area contributed by atoms with Gasteiger partial charge in [-0.1, -0.05) is 77.3 Å². The number of rotatable bonds is 10. The highest BCUT2D eigenvalue weighted by atomic mass is 16.3. The van der Waals surface area contributed by atoms with Crippen molar-refractivity contribution in [3.05, 3.63) is 48.1 Å². The largest absolute Gasteiger partial charge is 0.392 e. The van der Waals surface area contributed by atoms with Crippen LogP contribution in [0.25, 0.3) is 0 Å². The van der Waals surface area contributed by atoms with Crippen LogP contribution in [0.1, 0.15) is 105 Å². The number of fused-ring (bicyclic) bond motifs is 1. The molecule has 192 valence electrons. The Morgan fingerprint density at radius 2 is 1.85 bits per heavy atom. The van der Waals surface area contributed by atoms with Crippen LogP contribution in [0.5, 0.6) is 0 Å². The van der Waals surface area contributed by atoms with Gasteiger partial charge >= 0.3 is 0 Å². The number of hydrogen-bond donors (Lipinski definition) is 2. The molecule has 34 heavy (non-hydrogen) atoms. The van der Waals surface area contributed by atoms with Crippen molar-refractivity contribution < 1.29 is 10.2 Å². The van der Waals surface area contributed by atoms with E-state index in [1.54, 1.807) is 5.57 Å². The summed E-state index contributed by atoms with van der Waals surface area (Å²) in [5, 5.41) is 21.6. The molecule has 0 saturated heterocycles. The minimum Gasteiger partial charge on any atom is -0.392 e. The van der Waals surface area contributed by atoms with Gasteiger partial charge in [-0.25, -0.2) is 0 Å². The summed E-state index contributed by atoms with van der Waals surface area (Å²) in [6.07, 6.45) is 19.3. The van der Waals surface area contributed by atoms with Crippen LogP contribution in [0.2, 0.25) is 0 Å². The van der Waals surface area contributed by atoms with Crippen molar-refractivity contribution in [1.29, 1.82) is 0 Å². The lowest BCUT2D eigenvalue weighted by atomic mass is 9.60. The van der Waals surface area contributed by atoms with Gasteiger partial charge in [0.15, 0.2) is 0 Å². The fourth-order valence-corrected chi connectivity index (χ4v) is 7.66. The van der Waals surface area contributed by atoms with Crippen LogP contribution in [0.3, 0.4) is 0 Å². The molecular weight excluding hydrogens is 416 g/mol. The molecule has 0 unspecified atom stereocenters. The first-order chi connectivity index (χ1) is 16.2.